The summed E-state index contributed by atoms with van der Waals surface area (Å²) < 4.78 is 2.35. The number of rotatable bonds is 4. The number of benzene rings is 6. The Morgan fingerprint density at radius 1 is 0.600 bits per heavy atom. The van der Waals surface area contributed by atoms with Crippen LogP contribution in [0.4, 0.5) is 5.69 Å². The first-order chi connectivity index (χ1) is 21.9. The van der Waals surface area contributed by atoms with Gasteiger partial charge in [-0.15, -0.1) is 0 Å². The molecule has 7 aromatic rings. The molecule has 0 aliphatic heterocycles. The molecule has 45 heavy (non-hydrogen) atoms. The molecule has 0 amide bonds. The van der Waals surface area contributed by atoms with Gasteiger partial charge >= 0.3 is 0 Å². The minimum absolute atomic E-state index is 0.0292. The standard InChI is InChI=1S/C42H31N3/c1-42(2,3)34-19-21-40-37(26-34)36-25-30(41-31(27-43)16-11-17-38(41)44-4)18-20-39(36)45(40)35-23-32(28-12-7-5-8-13-28)22-33(24-35)29-14-9-6-10-15-29/h5-26H,1-3H3. The summed E-state index contributed by atoms with van der Waals surface area (Å²) in [5.74, 6) is 0. The molecule has 214 valence electrons. The van der Waals surface area contributed by atoms with Gasteiger partial charge in [0.25, 0.3) is 0 Å². The molecule has 0 aliphatic carbocycles. The molecule has 0 spiro atoms. The van der Waals surface area contributed by atoms with E-state index in [2.05, 4.69) is 133 Å². The minimum Gasteiger partial charge on any atom is -0.309 e. The van der Waals surface area contributed by atoms with E-state index < -0.39 is 0 Å². The van der Waals surface area contributed by atoms with Crippen LogP contribution in [0.5, 0.6) is 0 Å². The van der Waals surface area contributed by atoms with Gasteiger partial charge in [-0.05, 0) is 87.3 Å². The number of hydrogen-bond donors (Lipinski definition) is 0. The van der Waals surface area contributed by atoms with Crippen LogP contribution in [0.3, 0.4) is 0 Å². The third-order valence-corrected chi connectivity index (χ3v) is 8.59. The van der Waals surface area contributed by atoms with Crippen LogP contribution in [-0.4, -0.2) is 4.57 Å². The monoisotopic (exact) mass is 577 g/mol. The maximum absolute atomic E-state index is 9.95. The van der Waals surface area contributed by atoms with Crippen LogP contribution in [0.1, 0.15) is 31.9 Å². The molecule has 0 atom stereocenters. The highest BCUT2D eigenvalue weighted by Gasteiger charge is 2.20. The van der Waals surface area contributed by atoms with E-state index in [1.165, 1.54) is 5.56 Å². The molecule has 6 aromatic carbocycles. The Bertz CT molecular complexity index is 2220. The lowest BCUT2D eigenvalue weighted by molar-refractivity contribution is 0.591. The van der Waals surface area contributed by atoms with Crippen LogP contribution in [0, 0.1) is 17.9 Å². The second kappa shape index (κ2) is 11.0. The highest BCUT2D eigenvalue weighted by atomic mass is 15.0. The molecule has 3 nitrogen and oxygen atoms in total. The SMILES string of the molecule is [C-]#[N+]c1cccc(C#N)c1-c1ccc2c(c1)c1cc(C(C)(C)C)ccc1n2-c1cc(-c2ccccc2)cc(-c2ccccc2)c1. The molecule has 1 aromatic heterocycles. The number of hydrogen-bond acceptors (Lipinski definition) is 1. The average Bonchev–Trinajstić information content (AvgIpc) is 3.41. The van der Waals surface area contributed by atoms with Gasteiger partial charge < -0.3 is 4.57 Å². The normalized spacial score (nSPS) is 11.4. The van der Waals surface area contributed by atoms with Gasteiger partial charge in [0.15, 0.2) is 5.69 Å². The Morgan fingerprint density at radius 2 is 1.20 bits per heavy atom. The molecule has 0 saturated heterocycles. The second-order valence-corrected chi connectivity index (χ2v) is 12.5. The van der Waals surface area contributed by atoms with Crippen molar-refractivity contribution in [3.63, 3.8) is 0 Å². The lowest BCUT2D eigenvalue weighted by Gasteiger charge is -2.19. The Kier molecular flexibility index (Phi) is 6.81. The summed E-state index contributed by atoms with van der Waals surface area (Å²) in [6, 6.07) is 48.6. The van der Waals surface area contributed by atoms with E-state index in [0.29, 0.717) is 16.8 Å². The van der Waals surface area contributed by atoms with Crippen molar-refractivity contribution >= 4 is 27.5 Å². The summed E-state index contributed by atoms with van der Waals surface area (Å²) in [4.78, 5) is 3.77. The van der Waals surface area contributed by atoms with E-state index in [9.17, 15) is 5.26 Å². The lowest BCUT2D eigenvalue weighted by Crippen LogP contribution is -2.10. The van der Waals surface area contributed by atoms with Crippen LogP contribution < -0.4 is 0 Å². The van der Waals surface area contributed by atoms with Crippen molar-refractivity contribution in [2.45, 2.75) is 26.2 Å². The minimum atomic E-state index is -0.0292. The van der Waals surface area contributed by atoms with Gasteiger partial charge in [-0.1, -0.05) is 106 Å². The molecule has 0 aliphatic rings. The maximum atomic E-state index is 9.95. The van der Waals surface area contributed by atoms with Crippen LogP contribution in [0.2, 0.25) is 0 Å². The van der Waals surface area contributed by atoms with Crippen molar-refractivity contribution in [3.05, 3.63) is 156 Å². The molecule has 0 fully saturated rings. The zero-order chi connectivity index (χ0) is 31.1. The Morgan fingerprint density at radius 3 is 1.78 bits per heavy atom. The summed E-state index contributed by atoms with van der Waals surface area (Å²) >= 11 is 0. The fourth-order valence-electron chi connectivity index (χ4n) is 6.29. The van der Waals surface area contributed by atoms with Gasteiger partial charge in [0.05, 0.1) is 23.7 Å². The first kappa shape index (κ1) is 27.9. The van der Waals surface area contributed by atoms with Gasteiger partial charge in [0.1, 0.15) is 0 Å². The molecule has 7 rings (SSSR count). The fourth-order valence-corrected chi connectivity index (χ4v) is 6.29. The smallest absolute Gasteiger partial charge is 0.196 e. The highest BCUT2D eigenvalue weighted by Crippen LogP contribution is 2.41. The topological polar surface area (TPSA) is 33.1 Å². The second-order valence-electron chi connectivity index (χ2n) is 12.5. The first-order valence-electron chi connectivity index (χ1n) is 15.1. The van der Waals surface area contributed by atoms with Gasteiger partial charge in [0, 0.05) is 27.6 Å². The summed E-state index contributed by atoms with van der Waals surface area (Å²) in [6.45, 7) is 14.5. The third-order valence-electron chi connectivity index (χ3n) is 8.59. The van der Waals surface area contributed by atoms with Gasteiger partial charge in [-0.2, -0.15) is 5.26 Å². The van der Waals surface area contributed by atoms with E-state index in [-0.39, 0.29) is 5.41 Å². The summed E-state index contributed by atoms with van der Waals surface area (Å²) in [6.07, 6.45) is 0. The summed E-state index contributed by atoms with van der Waals surface area (Å²) in [5.41, 5.74) is 11.6. The maximum Gasteiger partial charge on any atom is 0.196 e. The molecule has 3 heteroatoms. The molecule has 0 N–H and O–H groups in total. The van der Waals surface area contributed by atoms with Crippen molar-refractivity contribution in [3.8, 4) is 45.1 Å². The molecule has 0 radical (unpaired) electrons. The van der Waals surface area contributed by atoms with E-state index in [0.717, 1.165) is 55.3 Å². The molecule has 0 unspecified atom stereocenters. The van der Waals surface area contributed by atoms with Crippen LogP contribution in [-0.2, 0) is 5.41 Å². The zero-order valence-electron chi connectivity index (χ0n) is 25.5. The van der Waals surface area contributed by atoms with E-state index >= 15 is 0 Å². The molecular weight excluding hydrogens is 546 g/mol. The van der Waals surface area contributed by atoms with Crippen molar-refractivity contribution in [1.29, 1.82) is 5.26 Å². The largest absolute Gasteiger partial charge is 0.309 e. The fraction of sp³-hybridized carbons (Fsp3) is 0.0952. The van der Waals surface area contributed by atoms with Crippen LogP contribution in [0.15, 0.2) is 133 Å². The van der Waals surface area contributed by atoms with Gasteiger partial charge in [0.2, 0.25) is 0 Å². The predicted molar refractivity (Wildman–Crippen MR) is 187 cm³/mol. The van der Waals surface area contributed by atoms with Crippen molar-refractivity contribution in [2.75, 3.05) is 0 Å². The molecular formula is C42H31N3. The van der Waals surface area contributed by atoms with Gasteiger partial charge in [-0.25, -0.2) is 4.85 Å². The quantitative estimate of drug-likeness (QED) is 0.192. The number of aromatic nitrogens is 1. The highest BCUT2D eigenvalue weighted by molar-refractivity contribution is 6.11. The van der Waals surface area contributed by atoms with Crippen LogP contribution in [0.25, 0.3) is 65.7 Å². The van der Waals surface area contributed by atoms with Gasteiger partial charge in [-0.3, -0.25) is 0 Å². The zero-order valence-corrected chi connectivity index (χ0v) is 25.5. The number of nitriles is 1. The van der Waals surface area contributed by atoms with E-state index in [4.69, 9.17) is 6.57 Å². The first-order valence-corrected chi connectivity index (χ1v) is 15.1. The molecule has 0 bridgehead atoms. The average molecular weight is 578 g/mol. The number of nitrogens with zero attached hydrogens (tertiary/aromatic N) is 3. The Balaban J connectivity index is 1.56. The predicted octanol–water partition coefficient (Wildman–Crippen LogP) is 11.5. The lowest BCUT2D eigenvalue weighted by atomic mass is 9.86. The van der Waals surface area contributed by atoms with Crippen molar-refractivity contribution < 1.29 is 0 Å². The van der Waals surface area contributed by atoms with Crippen LogP contribution >= 0.6 is 0 Å². The third kappa shape index (κ3) is 4.96. The van der Waals surface area contributed by atoms with Crippen molar-refractivity contribution in [1.82, 2.24) is 4.57 Å². The van der Waals surface area contributed by atoms with E-state index in [1.807, 2.05) is 18.2 Å². The number of fused-ring (bicyclic) bond motifs is 3. The summed E-state index contributed by atoms with van der Waals surface area (Å²) in [7, 11) is 0. The summed E-state index contributed by atoms with van der Waals surface area (Å²) in [5, 5.41) is 12.2. The van der Waals surface area contributed by atoms with Crippen molar-refractivity contribution in [2.24, 2.45) is 0 Å². The Labute approximate surface area is 264 Å². The molecule has 0 saturated carbocycles. The molecule has 1 heterocycles. The Hall–Kier alpha value is -5.90. The van der Waals surface area contributed by atoms with E-state index in [1.54, 1.807) is 18.2 Å².